The van der Waals surface area contributed by atoms with Gasteiger partial charge in [0.25, 0.3) is 0 Å². The van der Waals surface area contributed by atoms with Crippen molar-refractivity contribution in [2.45, 2.75) is 89.8 Å². The van der Waals surface area contributed by atoms with E-state index < -0.39 is 26.0 Å². The van der Waals surface area contributed by atoms with Crippen LogP contribution in [0.15, 0.2) is 12.2 Å². The van der Waals surface area contributed by atoms with Gasteiger partial charge in [0.2, 0.25) is 0 Å². The maximum Gasteiger partial charge on any atom is 0.469 e. The van der Waals surface area contributed by atoms with Gasteiger partial charge in [0.05, 0.1) is 18.8 Å². The van der Waals surface area contributed by atoms with Crippen molar-refractivity contribution in [1.29, 1.82) is 0 Å². The number of aliphatic hydroxyl groups is 2. The monoisotopic (exact) mass is 478 g/mol. The molecular formula is C22H39O9P. The minimum Gasteiger partial charge on any atom is -0.463 e. The molecule has 0 aliphatic heterocycles. The summed E-state index contributed by atoms with van der Waals surface area (Å²) in [6.45, 7) is 1.54. The molecule has 10 heteroatoms. The fourth-order valence-electron chi connectivity index (χ4n) is 3.92. The first-order chi connectivity index (χ1) is 15.1. The molecule has 4 atom stereocenters. The van der Waals surface area contributed by atoms with E-state index in [1.807, 2.05) is 6.08 Å². The molecule has 0 spiro atoms. The third-order valence-electron chi connectivity index (χ3n) is 5.64. The first-order valence-corrected chi connectivity index (χ1v) is 13.1. The van der Waals surface area contributed by atoms with Gasteiger partial charge in [0, 0.05) is 24.7 Å². The van der Waals surface area contributed by atoms with Gasteiger partial charge in [0.1, 0.15) is 12.4 Å². The molecule has 0 aromatic heterocycles. The molecule has 1 rings (SSSR count). The number of unbranched alkanes of at least 4 members (excludes halogenated alkanes) is 5. The van der Waals surface area contributed by atoms with Crippen molar-refractivity contribution < 1.29 is 43.4 Å². The van der Waals surface area contributed by atoms with Crippen LogP contribution in [0, 0.1) is 11.8 Å². The molecule has 0 unspecified atom stereocenters. The number of ketones is 1. The van der Waals surface area contributed by atoms with Gasteiger partial charge in [0.15, 0.2) is 0 Å². The zero-order valence-corrected chi connectivity index (χ0v) is 19.8. The summed E-state index contributed by atoms with van der Waals surface area (Å²) in [5, 5.41) is 20.3. The lowest BCUT2D eigenvalue weighted by Gasteiger charge is -2.18. The van der Waals surface area contributed by atoms with Crippen molar-refractivity contribution in [3.8, 4) is 0 Å². The molecule has 1 aliphatic carbocycles. The molecule has 0 radical (unpaired) electrons. The number of phosphoric ester groups is 1. The summed E-state index contributed by atoms with van der Waals surface area (Å²) in [7, 11) is -4.54. The second kappa shape index (κ2) is 15.7. The van der Waals surface area contributed by atoms with E-state index in [0.29, 0.717) is 19.3 Å². The number of phosphoric acid groups is 1. The van der Waals surface area contributed by atoms with Gasteiger partial charge in [-0.15, -0.1) is 0 Å². The van der Waals surface area contributed by atoms with Gasteiger partial charge in [-0.05, 0) is 19.3 Å². The zero-order chi connectivity index (χ0) is 24.0. The van der Waals surface area contributed by atoms with Crippen LogP contribution < -0.4 is 0 Å². The Labute approximate surface area is 190 Å². The average molecular weight is 479 g/mol. The first kappa shape index (κ1) is 28.9. The standard InChI is InChI=1S/C22H39O9P/c1-2-3-6-9-17(23)12-13-19-18(20(24)16-21(19)25)10-7-4-5-8-11-22(26)30-14-15-31-32(27,28)29/h12-13,17-19,21,23,25H,2-11,14-16H2,1H3,(H2,27,28,29)/b13-12+/t17-,18+,19+,21+/m0/s1. The largest absolute Gasteiger partial charge is 0.469 e. The second-order valence-corrected chi connectivity index (χ2v) is 9.61. The molecule has 0 aromatic carbocycles. The Bertz CT molecular complexity index is 631. The molecule has 0 bridgehead atoms. The number of hydrogen-bond donors (Lipinski definition) is 4. The maximum absolute atomic E-state index is 12.3. The van der Waals surface area contributed by atoms with Crippen LogP contribution in [0.25, 0.3) is 0 Å². The SMILES string of the molecule is CCCCC[C@H](O)/C=C/[C@H]1[C@H](O)CC(=O)[C@@H]1CCCCCCC(=O)OCCOP(=O)(O)O. The average Bonchev–Trinajstić information content (AvgIpc) is 2.98. The number of Topliss-reactive ketones (excluding diaryl/α,β-unsaturated/α-hetero) is 1. The summed E-state index contributed by atoms with van der Waals surface area (Å²) < 4.78 is 19.5. The smallest absolute Gasteiger partial charge is 0.463 e. The van der Waals surface area contributed by atoms with Crippen molar-refractivity contribution in [1.82, 2.24) is 0 Å². The molecule has 0 saturated heterocycles. The number of carbonyl (C=O) groups is 2. The van der Waals surface area contributed by atoms with Gasteiger partial charge in [-0.1, -0.05) is 57.6 Å². The molecule has 0 heterocycles. The van der Waals surface area contributed by atoms with E-state index in [2.05, 4.69) is 11.4 Å². The number of carbonyl (C=O) groups excluding carboxylic acids is 2. The third kappa shape index (κ3) is 12.8. The quantitative estimate of drug-likeness (QED) is 0.107. The van der Waals surface area contributed by atoms with E-state index in [1.165, 1.54) is 0 Å². The Morgan fingerprint density at radius 1 is 1.16 bits per heavy atom. The molecule has 186 valence electrons. The zero-order valence-electron chi connectivity index (χ0n) is 18.9. The van der Waals surface area contributed by atoms with E-state index in [0.717, 1.165) is 38.5 Å². The van der Waals surface area contributed by atoms with E-state index >= 15 is 0 Å². The lowest BCUT2D eigenvalue weighted by atomic mass is 9.88. The van der Waals surface area contributed by atoms with Gasteiger partial charge in [-0.2, -0.15) is 0 Å². The Kier molecular flexibility index (Phi) is 14.2. The fraction of sp³-hybridized carbons (Fsp3) is 0.818. The highest BCUT2D eigenvalue weighted by Gasteiger charge is 2.39. The van der Waals surface area contributed by atoms with Gasteiger partial charge < -0.3 is 24.7 Å². The normalized spacial score (nSPS) is 22.5. The van der Waals surface area contributed by atoms with Gasteiger partial charge in [-0.25, -0.2) is 4.57 Å². The molecule has 4 N–H and O–H groups in total. The molecule has 9 nitrogen and oxygen atoms in total. The summed E-state index contributed by atoms with van der Waals surface area (Å²) in [4.78, 5) is 40.9. The van der Waals surface area contributed by atoms with Crippen molar-refractivity contribution in [3.05, 3.63) is 12.2 Å². The van der Waals surface area contributed by atoms with Crippen LogP contribution in [0.3, 0.4) is 0 Å². The van der Waals surface area contributed by atoms with E-state index in [-0.39, 0.29) is 43.7 Å². The highest BCUT2D eigenvalue weighted by Crippen LogP contribution is 2.35. The Morgan fingerprint density at radius 3 is 2.56 bits per heavy atom. The summed E-state index contributed by atoms with van der Waals surface area (Å²) >= 11 is 0. The van der Waals surface area contributed by atoms with Crippen LogP contribution in [-0.4, -0.2) is 57.2 Å². The Hall–Kier alpha value is -1.09. The highest BCUT2D eigenvalue weighted by atomic mass is 31.2. The van der Waals surface area contributed by atoms with Crippen molar-refractivity contribution in [2.75, 3.05) is 13.2 Å². The van der Waals surface area contributed by atoms with Gasteiger partial charge >= 0.3 is 13.8 Å². The molecule has 0 aromatic rings. The number of esters is 1. The van der Waals surface area contributed by atoms with Crippen molar-refractivity contribution in [3.63, 3.8) is 0 Å². The first-order valence-electron chi connectivity index (χ1n) is 11.6. The number of ether oxygens (including phenoxy) is 1. The highest BCUT2D eigenvalue weighted by molar-refractivity contribution is 7.46. The summed E-state index contributed by atoms with van der Waals surface area (Å²) in [5.74, 6) is -0.874. The predicted octanol–water partition coefficient (Wildman–Crippen LogP) is 3.04. The van der Waals surface area contributed by atoms with Crippen LogP contribution >= 0.6 is 7.82 Å². The van der Waals surface area contributed by atoms with Crippen molar-refractivity contribution in [2.24, 2.45) is 11.8 Å². The van der Waals surface area contributed by atoms with Crippen LogP contribution in [-0.2, 0) is 23.4 Å². The van der Waals surface area contributed by atoms with Crippen LogP contribution in [0.1, 0.15) is 77.6 Å². The minimum atomic E-state index is -4.54. The van der Waals surface area contributed by atoms with Crippen molar-refractivity contribution >= 4 is 19.6 Å². The van der Waals surface area contributed by atoms with E-state index in [4.69, 9.17) is 14.5 Å². The molecule has 32 heavy (non-hydrogen) atoms. The summed E-state index contributed by atoms with van der Waals surface area (Å²) in [6.07, 6.45) is 10.1. The predicted molar refractivity (Wildman–Crippen MR) is 119 cm³/mol. The lowest BCUT2D eigenvalue weighted by Crippen LogP contribution is -2.19. The summed E-state index contributed by atoms with van der Waals surface area (Å²) in [5.41, 5.74) is 0. The van der Waals surface area contributed by atoms with Gasteiger partial charge in [-0.3, -0.25) is 14.1 Å². The Balaban J connectivity index is 2.23. The molecule has 0 amide bonds. The molecule has 1 saturated carbocycles. The fourth-order valence-corrected chi connectivity index (χ4v) is 4.23. The minimum absolute atomic E-state index is 0.0636. The van der Waals surface area contributed by atoms with Crippen LogP contribution in [0.5, 0.6) is 0 Å². The number of hydrogen-bond acceptors (Lipinski definition) is 7. The second-order valence-electron chi connectivity index (χ2n) is 8.37. The molecule has 1 fully saturated rings. The topological polar surface area (TPSA) is 151 Å². The number of aliphatic hydroxyl groups excluding tert-OH is 2. The van der Waals surface area contributed by atoms with E-state index in [9.17, 15) is 24.4 Å². The number of rotatable bonds is 17. The maximum atomic E-state index is 12.3. The lowest BCUT2D eigenvalue weighted by molar-refractivity contribution is -0.144. The molecule has 1 aliphatic rings. The third-order valence-corrected chi connectivity index (χ3v) is 6.16. The van der Waals surface area contributed by atoms with E-state index in [1.54, 1.807) is 6.08 Å². The Morgan fingerprint density at radius 2 is 1.88 bits per heavy atom. The van der Waals surface area contributed by atoms with Crippen LogP contribution in [0.2, 0.25) is 0 Å². The summed E-state index contributed by atoms with van der Waals surface area (Å²) in [6, 6.07) is 0. The van der Waals surface area contributed by atoms with Crippen LogP contribution in [0.4, 0.5) is 0 Å². The molecular weight excluding hydrogens is 439 g/mol.